The van der Waals surface area contributed by atoms with Crippen LogP contribution in [0.15, 0.2) is 0 Å². The van der Waals surface area contributed by atoms with E-state index in [0.29, 0.717) is 0 Å². The Hall–Kier alpha value is 0.665. The van der Waals surface area contributed by atoms with Crippen molar-refractivity contribution >= 4 is 5.97 Å². The molecule has 0 bridgehead atoms. The van der Waals surface area contributed by atoms with E-state index in [4.69, 9.17) is 5.11 Å². The Labute approximate surface area is 64.5 Å². The van der Waals surface area contributed by atoms with E-state index in [-0.39, 0.29) is 42.0 Å². The summed E-state index contributed by atoms with van der Waals surface area (Å²) in [6.07, 6.45) is 0.222. The van der Waals surface area contributed by atoms with Crippen LogP contribution in [0.1, 0.15) is 13.3 Å². The minimum Gasteiger partial charge on any atom is -0.481 e. The summed E-state index contributed by atoms with van der Waals surface area (Å²) in [6, 6.07) is 0. The summed E-state index contributed by atoms with van der Waals surface area (Å²) in [7, 11) is 0. The van der Waals surface area contributed by atoms with Crippen molar-refractivity contribution in [3.63, 3.8) is 0 Å². The van der Waals surface area contributed by atoms with Crippen molar-refractivity contribution in [2.75, 3.05) is 0 Å². The SMILES string of the molecule is CCC(=O)O.[La]. The Morgan fingerprint density at radius 1 is 1.83 bits per heavy atom. The van der Waals surface area contributed by atoms with E-state index in [9.17, 15) is 4.79 Å². The fraction of sp³-hybridized carbons (Fsp3) is 0.667. The number of hydrogen-bond acceptors (Lipinski definition) is 1. The van der Waals surface area contributed by atoms with Crippen molar-refractivity contribution in [3.05, 3.63) is 0 Å². The van der Waals surface area contributed by atoms with Crippen LogP contribution in [0.5, 0.6) is 0 Å². The molecule has 0 fully saturated rings. The van der Waals surface area contributed by atoms with Crippen LogP contribution in [0.3, 0.4) is 0 Å². The molecule has 0 aromatic rings. The second-order valence-corrected chi connectivity index (χ2v) is 0.747. The van der Waals surface area contributed by atoms with Gasteiger partial charge in [0.2, 0.25) is 0 Å². The fourth-order valence-electron chi connectivity index (χ4n) is 0. The average Bonchev–Trinajstić information content (AvgIpc) is 1.38. The van der Waals surface area contributed by atoms with Crippen molar-refractivity contribution in [2.24, 2.45) is 0 Å². The van der Waals surface area contributed by atoms with Gasteiger partial charge in [-0.05, 0) is 0 Å². The van der Waals surface area contributed by atoms with Crippen molar-refractivity contribution in [1.29, 1.82) is 0 Å². The first kappa shape index (κ1) is 9.83. The van der Waals surface area contributed by atoms with E-state index in [1.165, 1.54) is 0 Å². The van der Waals surface area contributed by atoms with Crippen LogP contribution in [0.4, 0.5) is 0 Å². The van der Waals surface area contributed by atoms with Gasteiger partial charge in [-0.3, -0.25) is 4.79 Å². The zero-order valence-corrected chi connectivity index (χ0v) is 7.27. The van der Waals surface area contributed by atoms with Gasteiger partial charge in [0.25, 0.3) is 0 Å². The Morgan fingerprint density at radius 3 is 2.00 bits per heavy atom. The monoisotopic (exact) mass is 213 g/mol. The van der Waals surface area contributed by atoms with Crippen molar-refractivity contribution < 1.29 is 45.5 Å². The minimum absolute atomic E-state index is 0. The van der Waals surface area contributed by atoms with Gasteiger partial charge in [0.1, 0.15) is 0 Å². The molecule has 33 valence electrons. The molecule has 0 atom stereocenters. The van der Waals surface area contributed by atoms with E-state index >= 15 is 0 Å². The van der Waals surface area contributed by atoms with Crippen LogP contribution >= 0.6 is 0 Å². The minimum atomic E-state index is -0.745. The predicted octanol–water partition coefficient (Wildman–Crippen LogP) is 0.481. The summed E-state index contributed by atoms with van der Waals surface area (Å²) in [5.41, 5.74) is 0. The predicted molar refractivity (Wildman–Crippen MR) is 17.9 cm³/mol. The molecule has 0 saturated heterocycles. The Balaban J connectivity index is 0. The molecule has 0 heterocycles. The number of carbonyl (C=O) groups is 1. The van der Waals surface area contributed by atoms with Crippen molar-refractivity contribution in [1.82, 2.24) is 0 Å². The molecule has 0 aromatic heterocycles. The molecule has 1 radical (unpaired) electrons. The molecule has 0 aliphatic rings. The normalized spacial score (nSPS) is 6.17. The van der Waals surface area contributed by atoms with E-state index in [0.717, 1.165) is 0 Å². The molecule has 2 nitrogen and oxygen atoms in total. The van der Waals surface area contributed by atoms with Gasteiger partial charge < -0.3 is 5.11 Å². The summed E-state index contributed by atoms with van der Waals surface area (Å²) < 4.78 is 0. The maximum atomic E-state index is 9.37. The topological polar surface area (TPSA) is 37.3 Å². The molecule has 1 N–H and O–H groups in total. The second kappa shape index (κ2) is 5.66. The third-order valence-electron chi connectivity index (χ3n) is 0.302. The number of carboxylic acids is 1. The van der Waals surface area contributed by atoms with E-state index in [1.54, 1.807) is 6.92 Å². The maximum absolute atomic E-state index is 9.37. The van der Waals surface area contributed by atoms with E-state index < -0.39 is 5.97 Å². The molecular weight excluding hydrogens is 207 g/mol. The number of carboxylic acid groups (broad SMARTS) is 1. The standard InChI is InChI=1S/C3H6O2.La/c1-2-3(4)5;/h2H2,1H3,(H,4,5);. The summed E-state index contributed by atoms with van der Waals surface area (Å²) in [5.74, 6) is -0.745. The van der Waals surface area contributed by atoms with Crippen molar-refractivity contribution in [2.45, 2.75) is 13.3 Å². The van der Waals surface area contributed by atoms with Crippen molar-refractivity contribution in [3.8, 4) is 0 Å². The molecule has 0 spiro atoms. The zero-order chi connectivity index (χ0) is 4.28. The smallest absolute Gasteiger partial charge is 0.303 e. The zero-order valence-electron chi connectivity index (χ0n) is 3.64. The quantitative estimate of drug-likeness (QED) is 0.687. The van der Waals surface area contributed by atoms with Crippen LogP contribution in [-0.2, 0) is 4.79 Å². The van der Waals surface area contributed by atoms with Gasteiger partial charge in [-0.25, -0.2) is 0 Å². The first-order valence-electron chi connectivity index (χ1n) is 1.49. The van der Waals surface area contributed by atoms with Gasteiger partial charge in [0.15, 0.2) is 0 Å². The van der Waals surface area contributed by atoms with Crippen LogP contribution in [-0.4, -0.2) is 11.1 Å². The molecule has 0 saturated carbocycles. The summed E-state index contributed by atoms with van der Waals surface area (Å²) in [5, 5.41) is 7.72. The van der Waals surface area contributed by atoms with E-state index in [1.807, 2.05) is 0 Å². The first-order chi connectivity index (χ1) is 2.27. The number of rotatable bonds is 1. The third kappa shape index (κ3) is 8.82. The van der Waals surface area contributed by atoms with Gasteiger partial charge in [-0.1, -0.05) is 6.92 Å². The van der Waals surface area contributed by atoms with Gasteiger partial charge >= 0.3 is 5.97 Å². The Morgan fingerprint density at radius 2 is 2.00 bits per heavy atom. The molecule has 0 amide bonds. The van der Waals surface area contributed by atoms with Crippen LogP contribution in [0, 0.1) is 35.6 Å². The molecule has 0 unspecified atom stereocenters. The van der Waals surface area contributed by atoms with Crippen LogP contribution in [0.25, 0.3) is 0 Å². The fourth-order valence-corrected chi connectivity index (χ4v) is 0. The summed E-state index contributed by atoms with van der Waals surface area (Å²) >= 11 is 0. The third-order valence-corrected chi connectivity index (χ3v) is 0.302. The van der Waals surface area contributed by atoms with Gasteiger partial charge in [0, 0.05) is 42.0 Å². The molecule has 0 rings (SSSR count). The molecular formula is C3H6LaO2. The molecule has 0 aliphatic carbocycles. The van der Waals surface area contributed by atoms with Gasteiger partial charge in [0.05, 0.1) is 0 Å². The van der Waals surface area contributed by atoms with Gasteiger partial charge in [-0.2, -0.15) is 0 Å². The van der Waals surface area contributed by atoms with Crippen LogP contribution in [0.2, 0.25) is 0 Å². The number of hydrogen-bond donors (Lipinski definition) is 1. The van der Waals surface area contributed by atoms with Crippen LogP contribution < -0.4 is 0 Å². The number of aliphatic carboxylic acids is 1. The molecule has 0 aromatic carbocycles. The average molecular weight is 213 g/mol. The molecule has 0 aliphatic heterocycles. The Kier molecular flexibility index (Phi) is 9.28. The maximum Gasteiger partial charge on any atom is 0.303 e. The Bertz CT molecular complexity index is 44.1. The first-order valence-corrected chi connectivity index (χ1v) is 1.49. The van der Waals surface area contributed by atoms with E-state index in [2.05, 4.69) is 0 Å². The van der Waals surface area contributed by atoms with Gasteiger partial charge in [-0.15, -0.1) is 0 Å². The largest absolute Gasteiger partial charge is 0.481 e. The summed E-state index contributed by atoms with van der Waals surface area (Å²) in [6.45, 7) is 1.60. The molecule has 3 heteroatoms. The molecule has 6 heavy (non-hydrogen) atoms. The summed E-state index contributed by atoms with van der Waals surface area (Å²) in [4.78, 5) is 9.37. The second-order valence-electron chi connectivity index (χ2n) is 0.747.